The molecular weight excluding hydrogens is 354 g/mol. The largest absolute Gasteiger partial charge is 0.355 e. The van der Waals surface area contributed by atoms with E-state index in [4.69, 9.17) is 0 Å². The van der Waals surface area contributed by atoms with Gasteiger partial charge in [0.15, 0.2) is 4.34 Å². The average molecular weight is 372 g/mol. The Bertz CT molecular complexity index is 731. The number of carbonyl (C=O) groups excluding carboxylic acids is 1. The van der Waals surface area contributed by atoms with E-state index >= 15 is 0 Å². The summed E-state index contributed by atoms with van der Waals surface area (Å²) in [6.07, 6.45) is 0. The molecular formula is C15H18F2N4OS2. The summed E-state index contributed by atoms with van der Waals surface area (Å²) < 4.78 is 27.1. The molecule has 1 aromatic carbocycles. The van der Waals surface area contributed by atoms with Crippen LogP contribution in [0.3, 0.4) is 0 Å². The molecule has 0 saturated carbocycles. The Hall–Kier alpha value is -1.74. The first kappa shape index (κ1) is 18.6. The van der Waals surface area contributed by atoms with Crippen molar-refractivity contribution >= 4 is 39.8 Å². The Balaban J connectivity index is 1.96. The van der Waals surface area contributed by atoms with Crippen LogP contribution >= 0.6 is 23.1 Å². The van der Waals surface area contributed by atoms with Gasteiger partial charge in [-0.25, -0.2) is 8.78 Å². The van der Waals surface area contributed by atoms with Gasteiger partial charge in [0.2, 0.25) is 11.0 Å². The molecule has 0 aliphatic heterocycles. The van der Waals surface area contributed by atoms with Gasteiger partial charge < -0.3 is 10.6 Å². The second-order valence-corrected chi connectivity index (χ2v) is 8.69. The number of thioether (sulfide) groups is 1. The normalized spacial score (nSPS) is 12.8. The van der Waals surface area contributed by atoms with Crippen molar-refractivity contribution in [3.8, 4) is 0 Å². The molecule has 0 aliphatic rings. The van der Waals surface area contributed by atoms with Gasteiger partial charge >= 0.3 is 0 Å². The first-order valence-corrected chi connectivity index (χ1v) is 8.88. The van der Waals surface area contributed by atoms with E-state index in [0.717, 1.165) is 12.1 Å². The Kier molecular flexibility index (Phi) is 5.76. The number of aromatic nitrogens is 2. The number of amides is 1. The number of rotatable bonds is 5. The third kappa shape index (κ3) is 5.41. The van der Waals surface area contributed by atoms with E-state index in [1.807, 2.05) is 20.8 Å². The predicted octanol–water partition coefficient (Wildman–Crippen LogP) is 4.15. The molecule has 0 unspecified atom stereocenters. The van der Waals surface area contributed by atoms with Crippen molar-refractivity contribution < 1.29 is 13.6 Å². The van der Waals surface area contributed by atoms with Crippen LogP contribution in [0.4, 0.5) is 19.6 Å². The molecule has 9 heteroatoms. The van der Waals surface area contributed by atoms with E-state index in [1.54, 1.807) is 6.92 Å². The minimum atomic E-state index is -0.812. The molecule has 0 spiro atoms. The fourth-order valence-electron chi connectivity index (χ4n) is 1.66. The van der Waals surface area contributed by atoms with Gasteiger partial charge in [0.05, 0.1) is 10.9 Å². The summed E-state index contributed by atoms with van der Waals surface area (Å²) in [5.41, 5.74) is -0.189. The number of benzene rings is 1. The first-order chi connectivity index (χ1) is 11.1. The van der Waals surface area contributed by atoms with Crippen molar-refractivity contribution in [2.75, 3.05) is 10.6 Å². The van der Waals surface area contributed by atoms with Crippen LogP contribution in [0, 0.1) is 11.6 Å². The molecule has 0 bridgehead atoms. The van der Waals surface area contributed by atoms with Crippen molar-refractivity contribution in [1.82, 2.24) is 10.2 Å². The van der Waals surface area contributed by atoms with Gasteiger partial charge in [-0.05, 0) is 39.8 Å². The molecule has 0 fully saturated rings. The lowest BCUT2D eigenvalue weighted by atomic mass is 10.1. The van der Waals surface area contributed by atoms with Crippen molar-refractivity contribution in [3.05, 3.63) is 29.8 Å². The first-order valence-electron chi connectivity index (χ1n) is 7.18. The standard InChI is InChI=1S/C15H18F2N4OS2/c1-8(12(22)18-11-6-5-9(16)7-10(11)17)23-14-21-20-13(24-14)19-15(2,3)4/h5-8H,1-4H3,(H,18,22)(H,19,20)/t8-/m1/s1. The molecule has 1 atom stereocenters. The maximum absolute atomic E-state index is 13.6. The molecule has 24 heavy (non-hydrogen) atoms. The van der Waals surface area contributed by atoms with E-state index in [1.165, 1.54) is 29.2 Å². The third-order valence-electron chi connectivity index (χ3n) is 2.72. The van der Waals surface area contributed by atoms with Crippen LogP contribution in [-0.4, -0.2) is 26.9 Å². The molecule has 0 aliphatic carbocycles. The highest BCUT2D eigenvalue weighted by Crippen LogP contribution is 2.30. The van der Waals surface area contributed by atoms with Crippen molar-refractivity contribution in [2.24, 2.45) is 0 Å². The fraction of sp³-hybridized carbons (Fsp3) is 0.400. The summed E-state index contributed by atoms with van der Waals surface area (Å²) in [6.45, 7) is 7.71. The smallest absolute Gasteiger partial charge is 0.237 e. The monoisotopic (exact) mass is 372 g/mol. The number of hydrogen-bond acceptors (Lipinski definition) is 6. The van der Waals surface area contributed by atoms with Crippen LogP contribution in [0.1, 0.15) is 27.7 Å². The van der Waals surface area contributed by atoms with Crippen LogP contribution in [0.25, 0.3) is 0 Å². The van der Waals surface area contributed by atoms with Crippen molar-refractivity contribution in [3.63, 3.8) is 0 Å². The van der Waals surface area contributed by atoms with E-state index < -0.39 is 22.8 Å². The van der Waals surface area contributed by atoms with Crippen LogP contribution in [0.2, 0.25) is 0 Å². The fourth-order valence-corrected chi connectivity index (χ4v) is 3.76. The lowest BCUT2D eigenvalue weighted by molar-refractivity contribution is -0.115. The van der Waals surface area contributed by atoms with Gasteiger partial charge in [-0.3, -0.25) is 4.79 Å². The third-order valence-corrected chi connectivity index (χ3v) is 4.75. The highest BCUT2D eigenvalue weighted by Gasteiger charge is 2.20. The molecule has 1 amide bonds. The molecule has 2 N–H and O–H groups in total. The van der Waals surface area contributed by atoms with Crippen molar-refractivity contribution in [2.45, 2.75) is 42.8 Å². The number of carbonyl (C=O) groups is 1. The average Bonchev–Trinajstić information content (AvgIpc) is 2.86. The topological polar surface area (TPSA) is 66.9 Å². The maximum atomic E-state index is 13.6. The lowest BCUT2D eigenvalue weighted by Gasteiger charge is -2.18. The molecule has 2 rings (SSSR count). The number of anilines is 2. The highest BCUT2D eigenvalue weighted by atomic mass is 32.2. The van der Waals surface area contributed by atoms with Crippen LogP contribution in [0.15, 0.2) is 22.5 Å². The highest BCUT2D eigenvalue weighted by molar-refractivity contribution is 8.02. The molecule has 1 heterocycles. The summed E-state index contributed by atoms with van der Waals surface area (Å²) in [6, 6.07) is 3.00. The summed E-state index contributed by atoms with van der Waals surface area (Å²) in [7, 11) is 0. The number of halogens is 2. The van der Waals surface area contributed by atoms with Gasteiger partial charge in [0.25, 0.3) is 0 Å². The van der Waals surface area contributed by atoms with Gasteiger partial charge in [-0.15, -0.1) is 10.2 Å². The van der Waals surface area contributed by atoms with Gasteiger partial charge in [-0.2, -0.15) is 0 Å². The predicted molar refractivity (Wildman–Crippen MR) is 93.6 cm³/mol. The zero-order valence-electron chi connectivity index (χ0n) is 13.7. The molecule has 5 nitrogen and oxygen atoms in total. The minimum Gasteiger partial charge on any atom is -0.355 e. The zero-order valence-corrected chi connectivity index (χ0v) is 15.3. The summed E-state index contributed by atoms with van der Waals surface area (Å²) in [4.78, 5) is 12.1. The molecule has 0 radical (unpaired) electrons. The summed E-state index contributed by atoms with van der Waals surface area (Å²) in [5, 5.41) is 13.9. The summed E-state index contributed by atoms with van der Waals surface area (Å²) in [5.74, 6) is -1.90. The zero-order chi connectivity index (χ0) is 17.9. The summed E-state index contributed by atoms with van der Waals surface area (Å²) >= 11 is 2.57. The van der Waals surface area contributed by atoms with Crippen LogP contribution in [0.5, 0.6) is 0 Å². The Labute approximate surface area is 147 Å². The van der Waals surface area contributed by atoms with Gasteiger partial charge in [-0.1, -0.05) is 23.1 Å². The van der Waals surface area contributed by atoms with E-state index in [-0.39, 0.29) is 11.2 Å². The van der Waals surface area contributed by atoms with E-state index in [0.29, 0.717) is 9.47 Å². The van der Waals surface area contributed by atoms with E-state index in [9.17, 15) is 13.6 Å². The number of nitrogens with one attached hydrogen (secondary N) is 2. The van der Waals surface area contributed by atoms with Crippen LogP contribution < -0.4 is 10.6 Å². The quantitative estimate of drug-likeness (QED) is 0.772. The Morgan fingerprint density at radius 3 is 2.62 bits per heavy atom. The van der Waals surface area contributed by atoms with Crippen LogP contribution in [-0.2, 0) is 4.79 Å². The SMILES string of the molecule is C[C@@H](Sc1nnc(NC(C)(C)C)s1)C(=O)Nc1ccc(F)cc1F. The molecule has 130 valence electrons. The molecule has 2 aromatic rings. The van der Waals surface area contributed by atoms with Gasteiger partial charge in [0, 0.05) is 11.6 Å². The Morgan fingerprint density at radius 2 is 2.00 bits per heavy atom. The molecule has 0 saturated heterocycles. The second-order valence-electron chi connectivity index (χ2n) is 6.12. The maximum Gasteiger partial charge on any atom is 0.237 e. The van der Waals surface area contributed by atoms with Crippen molar-refractivity contribution in [1.29, 1.82) is 0 Å². The van der Waals surface area contributed by atoms with E-state index in [2.05, 4.69) is 20.8 Å². The number of hydrogen-bond donors (Lipinski definition) is 2. The lowest BCUT2D eigenvalue weighted by Crippen LogP contribution is -2.25. The number of nitrogens with zero attached hydrogens (tertiary/aromatic N) is 2. The Morgan fingerprint density at radius 1 is 1.29 bits per heavy atom. The minimum absolute atomic E-state index is 0.0544. The van der Waals surface area contributed by atoms with Gasteiger partial charge in [0.1, 0.15) is 11.6 Å². The second kappa shape index (κ2) is 7.43. The molecule has 1 aromatic heterocycles.